The Balaban J connectivity index is 1.58. The van der Waals surface area contributed by atoms with Gasteiger partial charge < -0.3 is 19.7 Å². The Labute approximate surface area is 224 Å². The van der Waals surface area contributed by atoms with Crippen LogP contribution in [0, 0.1) is 11.3 Å². The quantitative estimate of drug-likeness (QED) is 0.293. The van der Waals surface area contributed by atoms with Gasteiger partial charge in [0.1, 0.15) is 12.7 Å². The van der Waals surface area contributed by atoms with E-state index in [4.69, 9.17) is 9.47 Å². The summed E-state index contributed by atoms with van der Waals surface area (Å²) in [5.74, 6) is 0.497. The van der Waals surface area contributed by atoms with Crippen molar-refractivity contribution >= 4 is 12.2 Å². The maximum absolute atomic E-state index is 13.2. The fourth-order valence-corrected chi connectivity index (χ4v) is 4.85. The van der Waals surface area contributed by atoms with Crippen molar-refractivity contribution in [3.63, 3.8) is 0 Å². The van der Waals surface area contributed by atoms with Gasteiger partial charge in [-0.15, -0.1) is 0 Å². The van der Waals surface area contributed by atoms with Crippen LogP contribution in [0.5, 0.6) is 5.88 Å². The van der Waals surface area contributed by atoms with Crippen LogP contribution in [-0.2, 0) is 21.2 Å². The third-order valence-corrected chi connectivity index (χ3v) is 6.80. The molecule has 4 rings (SSSR count). The number of pyridine rings is 2. The van der Waals surface area contributed by atoms with Crippen LogP contribution in [0.1, 0.15) is 36.5 Å². The highest BCUT2D eigenvalue weighted by atomic mass is 19.4. The van der Waals surface area contributed by atoms with E-state index in [0.29, 0.717) is 62.8 Å². The molecule has 0 unspecified atom stereocenters. The van der Waals surface area contributed by atoms with Gasteiger partial charge in [0, 0.05) is 37.6 Å². The number of aromatic nitrogens is 2. The Morgan fingerprint density at radius 2 is 1.97 bits per heavy atom. The highest BCUT2D eigenvalue weighted by Crippen LogP contribution is 2.38. The molecule has 0 radical (unpaired) electrons. The molecular weight excluding hydrogens is 511 g/mol. The number of hydrogen-bond acceptors (Lipinski definition) is 8. The van der Waals surface area contributed by atoms with E-state index in [1.807, 2.05) is 42.2 Å². The van der Waals surface area contributed by atoms with E-state index in [0.717, 1.165) is 23.3 Å². The summed E-state index contributed by atoms with van der Waals surface area (Å²) in [4.78, 5) is 21.5. The van der Waals surface area contributed by atoms with Gasteiger partial charge in [-0.1, -0.05) is 6.07 Å². The van der Waals surface area contributed by atoms with Crippen molar-refractivity contribution in [1.82, 2.24) is 15.3 Å². The molecule has 11 heteroatoms. The summed E-state index contributed by atoms with van der Waals surface area (Å²) in [5.41, 5.74) is 1.48. The van der Waals surface area contributed by atoms with Gasteiger partial charge in [0.2, 0.25) is 5.88 Å². The molecule has 0 saturated carbocycles. The van der Waals surface area contributed by atoms with Crippen LogP contribution in [-0.4, -0.2) is 49.3 Å². The third kappa shape index (κ3) is 6.29. The number of halogens is 3. The van der Waals surface area contributed by atoms with Crippen molar-refractivity contribution in [3.05, 3.63) is 71.5 Å². The van der Waals surface area contributed by atoms with Crippen molar-refractivity contribution in [2.45, 2.75) is 31.5 Å². The SMILES string of the molecule is CCOc1ncccc1-c1ccc(C2(NCCOC=O)CCN(c3ccc(C(F)(F)F)cc3C#N)CC2)cn1. The molecule has 0 spiro atoms. The number of hydrogen-bond donors (Lipinski definition) is 1. The van der Waals surface area contributed by atoms with E-state index in [2.05, 4.69) is 15.3 Å². The molecule has 1 fully saturated rings. The van der Waals surface area contributed by atoms with Crippen molar-refractivity contribution in [1.29, 1.82) is 5.26 Å². The van der Waals surface area contributed by atoms with E-state index in [9.17, 15) is 23.2 Å². The van der Waals surface area contributed by atoms with Gasteiger partial charge in [0.05, 0.1) is 34.7 Å². The first kappa shape index (κ1) is 27.9. The number of nitrogens with zero attached hydrogens (tertiary/aromatic N) is 4. The molecule has 3 heterocycles. The number of nitrogens with one attached hydrogen (secondary N) is 1. The summed E-state index contributed by atoms with van der Waals surface area (Å²) in [6, 6.07) is 12.8. The lowest BCUT2D eigenvalue weighted by Gasteiger charge is -2.44. The molecule has 1 saturated heterocycles. The highest BCUT2D eigenvalue weighted by Gasteiger charge is 2.37. The predicted octanol–water partition coefficient (Wildman–Crippen LogP) is 4.69. The Kier molecular flexibility index (Phi) is 8.66. The standard InChI is InChI=1S/C28H28F3N5O3/c1-2-39-26-23(4-3-11-33-26)24-7-5-22(18-34-24)27(35-12-15-38-19-37)9-13-36(14-10-27)25-8-6-21(28(29,30)31)16-20(25)17-32/h3-8,11,16,18-19,35H,2,9-10,12-15H2,1H3. The van der Waals surface area contributed by atoms with Crippen LogP contribution in [0.25, 0.3) is 11.3 Å². The average molecular weight is 540 g/mol. The number of carbonyl (C=O) groups is 1. The van der Waals surface area contributed by atoms with Crippen molar-refractivity contribution < 1.29 is 27.4 Å². The van der Waals surface area contributed by atoms with Crippen molar-refractivity contribution in [3.8, 4) is 23.2 Å². The number of nitriles is 1. The van der Waals surface area contributed by atoms with Crippen LogP contribution in [0.3, 0.4) is 0 Å². The van der Waals surface area contributed by atoms with Gasteiger partial charge in [-0.25, -0.2) is 4.98 Å². The van der Waals surface area contributed by atoms with Gasteiger partial charge in [-0.3, -0.25) is 9.78 Å². The molecule has 3 aromatic rings. The van der Waals surface area contributed by atoms with E-state index in [-0.39, 0.29) is 12.2 Å². The lowest BCUT2D eigenvalue weighted by molar-refractivity contribution is -0.137. The third-order valence-electron chi connectivity index (χ3n) is 6.80. The molecule has 204 valence electrons. The average Bonchev–Trinajstić information content (AvgIpc) is 2.95. The molecular formula is C28H28F3N5O3. The van der Waals surface area contributed by atoms with Crippen molar-refractivity contribution in [2.24, 2.45) is 0 Å². The molecule has 0 bridgehead atoms. The normalized spacial score (nSPS) is 14.9. The number of rotatable bonds is 10. The molecule has 2 aromatic heterocycles. The molecule has 1 N–H and O–H groups in total. The van der Waals surface area contributed by atoms with Crippen LogP contribution < -0.4 is 15.0 Å². The summed E-state index contributed by atoms with van der Waals surface area (Å²) in [6.45, 7) is 4.31. The molecule has 0 amide bonds. The molecule has 0 aliphatic carbocycles. The smallest absolute Gasteiger partial charge is 0.416 e. The second-order valence-corrected chi connectivity index (χ2v) is 9.03. The maximum Gasteiger partial charge on any atom is 0.416 e. The monoisotopic (exact) mass is 539 g/mol. The summed E-state index contributed by atoms with van der Waals surface area (Å²) < 4.78 is 50.0. The first-order valence-electron chi connectivity index (χ1n) is 12.5. The first-order chi connectivity index (χ1) is 18.8. The molecule has 1 aliphatic rings. The fourth-order valence-electron chi connectivity index (χ4n) is 4.85. The second kappa shape index (κ2) is 12.1. The van der Waals surface area contributed by atoms with Gasteiger partial charge in [-0.05, 0) is 61.7 Å². The van der Waals surface area contributed by atoms with E-state index in [1.54, 1.807) is 12.4 Å². The van der Waals surface area contributed by atoms with Gasteiger partial charge in [0.15, 0.2) is 0 Å². The van der Waals surface area contributed by atoms with Crippen LogP contribution in [0.2, 0.25) is 0 Å². The summed E-state index contributed by atoms with van der Waals surface area (Å²) in [6.07, 6.45) is 0.0920. The van der Waals surface area contributed by atoms with E-state index >= 15 is 0 Å². The summed E-state index contributed by atoms with van der Waals surface area (Å²) >= 11 is 0. The summed E-state index contributed by atoms with van der Waals surface area (Å²) in [7, 11) is 0. The molecule has 8 nitrogen and oxygen atoms in total. The zero-order valence-electron chi connectivity index (χ0n) is 21.4. The Bertz CT molecular complexity index is 1320. The number of anilines is 1. The van der Waals surface area contributed by atoms with Gasteiger partial charge in [-0.2, -0.15) is 18.4 Å². The lowest BCUT2D eigenvalue weighted by Crippen LogP contribution is -2.52. The first-order valence-corrected chi connectivity index (χ1v) is 12.5. The molecule has 0 atom stereocenters. The predicted molar refractivity (Wildman–Crippen MR) is 138 cm³/mol. The number of carbonyl (C=O) groups excluding carboxylic acids is 1. The Hall–Kier alpha value is -4.17. The van der Waals surface area contributed by atoms with Gasteiger partial charge >= 0.3 is 6.18 Å². The molecule has 39 heavy (non-hydrogen) atoms. The Morgan fingerprint density at radius 3 is 2.62 bits per heavy atom. The molecule has 1 aliphatic heterocycles. The zero-order chi connectivity index (χ0) is 27.9. The van der Waals surface area contributed by atoms with Crippen LogP contribution in [0.15, 0.2) is 54.9 Å². The second-order valence-electron chi connectivity index (χ2n) is 9.03. The van der Waals surface area contributed by atoms with E-state index in [1.165, 1.54) is 6.07 Å². The maximum atomic E-state index is 13.2. The Morgan fingerprint density at radius 1 is 1.18 bits per heavy atom. The number of piperidine rings is 1. The minimum Gasteiger partial charge on any atom is -0.477 e. The number of ether oxygens (including phenoxy) is 2. The van der Waals surface area contributed by atoms with Crippen LogP contribution in [0.4, 0.5) is 18.9 Å². The largest absolute Gasteiger partial charge is 0.477 e. The number of benzene rings is 1. The zero-order valence-corrected chi connectivity index (χ0v) is 21.4. The van der Waals surface area contributed by atoms with E-state index < -0.39 is 17.3 Å². The van der Waals surface area contributed by atoms with Gasteiger partial charge in [0.25, 0.3) is 6.47 Å². The minimum absolute atomic E-state index is 0.0164. The van der Waals surface area contributed by atoms with Crippen LogP contribution >= 0.6 is 0 Å². The van der Waals surface area contributed by atoms with Crippen molar-refractivity contribution in [2.75, 3.05) is 37.7 Å². The lowest BCUT2D eigenvalue weighted by atomic mass is 9.81. The minimum atomic E-state index is -4.52. The number of alkyl halides is 3. The molecule has 1 aromatic carbocycles. The summed E-state index contributed by atoms with van der Waals surface area (Å²) in [5, 5.41) is 13.0. The fraction of sp³-hybridized carbons (Fsp3) is 0.357. The topological polar surface area (TPSA) is 100 Å². The highest BCUT2D eigenvalue weighted by molar-refractivity contribution is 5.65.